The lowest BCUT2D eigenvalue weighted by atomic mass is 9.94. The summed E-state index contributed by atoms with van der Waals surface area (Å²) in [5.41, 5.74) is 1.03. The molecule has 2 aliphatic heterocycles. The molecular weight excluding hydrogens is 464 g/mol. The number of hydrogen-bond acceptors (Lipinski definition) is 8. The molecule has 0 bridgehead atoms. The molecule has 0 aliphatic carbocycles. The number of likely N-dealkylation sites (tertiary alicyclic amines) is 2. The van der Waals surface area contributed by atoms with Gasteiger partial charge in [-0.25, -0.2) is 15.0 Å². The van der Waals surface area contributed by atoms with Crippen LogP contribution in [0.15, 0.2) is 12.3 Å². The normalized spacial score (nSPS) is 19.1. The van der Waals surface area contributed by atoms with Crippen molar-refractivity contribution in [1.82, 2.24) is 24.8 Å². The fourth-order valence-electron chi connectivity index (χ4n) is 4.93. The molecule has 2 amide bonds. The number of rotatable bonds is 8. The van der Waals surface area contributed by atoms with Crippen molar-refractivity contribution in [3.8, 4) is 0 Å². The molecular formula is C25H36N6O3S. The molecule has 4 heterocycles. The van der Waals surface area contributed by atoms with Crippen LogP contribution in [0.25, 0.3) is 0 Å². The highest BCUT2D eigenvalue weighted by Crippen LogP contribution is 2.30. The molecule has 1 N–H and O–H groups in total. The third kappa shape index (κ3) is 6.35. The molecule has 190 valence electrons. The Bertz CT molecular complexity index is 1020. The van der Waals surface area contributed by atoms with Crippen molar-refractivity contribution in [3.63, 3.8) is 0 Å². The molecule has 35 heavy (non-hydrogen) atoms. The summed E-state index contributed by atoms with van der Waals surface area (Å²) >= 11 is 1.60. The van der Waals surface area contributed by atoms with Gasteiger partial charge >= 0.3 is 0 Å². The van der Waals surface area contributed by atoms with E-state index in [4.69, 9.17) is 14.7 Å². The van der Waals surface area contributed by atoms with Gasteiger partial charge < -0.3 is 19.9 Å². The second kappa shape index (κ2) is 11.9. The van der Waals surface area contributed by atoms with Crippen LogP contribution in [0.2, 0.25) is 0 Å². The number of piperidine rings is 2. The molecule has 0 saturated carbocycles. The molecule has 2 saturated heterocycles. The van der Waals surface area contributed by atoms with Crippen LogP contribution in [-0.2, 0) is 20.7 Å². The van der Waals surface area contributed by atoms with Gasteiger partial charge in [-0.2, -0.15) is 0 Å². The topological polar surface area (TPSA) is 101 Å². The number of aromatic nitrogens is 3. The molecule has 0 radical (unpaired) electrons. The molecule has 4 rings (SSSR count). The third-order valence-electron chi connectivity index (χ3n) is 6.71. The van der Waals surface area contributed by atoms with E-state index in [1.54, 1.807) is 16.2 Å². The molecule has 1 atom stereocenters. The van der Waals surface area contributed by atoms with Gasteiger partial charge in [0, 0.05) is 55.5 Å². The monoisotopic (exact) mass is 500 g/mol. The summed E-state index contributed by atoms with van der Waals surface area (Å²) in [6.07, 6.45) is 8.02. The minimum Gasteiger partial charge on any atom is -0.375 e. The highest BCUT2D eigenvalue weighted by molar-refractivity contribution is 7.15. The Labute approximate surface area is 211 Å². The van der Waals surface area contributed by atoms with Gasteiger partial charge in [0.15, 0.2) is 5.13 Å². The molecule has 0 spiro atoms. The summed E-state index contributed by atoms with van der Waals surface area (Å²) in [6, 6.07) is 1.64. The van der Waals surface area contributed by atoms with Crippen molar-refractivity contribution in [2.45, 2.75) is 70.8 Å². The van der Waals surface area contributed by atoms with Crippen molar-refractivity contribution in [2.75, 3.05) is 38.7 Å². The summed E-state index contributed by atoms with van der Waals surface area (Å²) in [6.45, 7) is 6.14. The Morgan fingerprint density at radius 2 is 1.97 bits per heavy atom. The third-order valence-corrected chi connectivity index (χ3v) is 7.53. The van der Waals surface area contributed by atoms with Crippen LogP contribution in [0, 0.1) is 6.92 Å². The summed E-state index contributed by atoms with van der Waals surface area (Å²) in [5.74, 6) is 1.79. The number of carbonyl (C=O) groups is 2. The number of aryl methyl sites for hydroxylation is 2. The van der Waals surface area contributed by atoms with Crippen molar-refractivity contribution in [1.29, 1.82) is 0 Å². The van der Waals surface area contributed by atoms with Crippen molar-refractivity contribution in [3.05, 3.63) is 28.7 Å². The van der Waals surface area contributed by atoms with Gasteiger partial charge in [-0.15, -0.1) is 11.3 Å². The number of hydrogen-bond donors (Lipinski definition) is 1. The molecule has 2 aromatic rings. The summed E-state index contributed by atoms with van der Waals surface area (Å²) in [4.78, 5) is 44.7. The Balaban J connectivity index is 1.42. The number of ether oxygens (including phenoxy) is 1. The van der Waals surface area contributed by atoms with Gasteiger partial charge in [0.2, 0.25) is 11.8 Å². The quantitative estimate of drug-likeness (QED) is 0.590. The fraction of sp³-hybridized carbons (Fsp3) is 0.640. The largest absolute Gasteiger partial charge is 0.375 e. The maximum absolute atomic E-state index is 13.4. The number of amides is 2. The SMILES string of the molecule is CCCc1cc(Nc2ncc(C)s2)nc(C2CCN(C(=O)[C@@H]3CCCCN3C(=O)COC)CC2)n1. The van der Waals surface area contributed by atoms with Crippen LogP contribution in [0.5, 0.6) is 0 Å². The molecule has 9 nitrogen and oxygen atoms in total. The Morgan fingerprint density at radius 3 is 2.66 bits per heavy atom. The molecule has 2 aliphatic rings. The number of methoxy groups -OCH3 is 1. The van der Waals surface area contributed by atoms with E-state index in [1.807, 2.05) is 24.1 Å². The predicted octanol–water partition coefficient (Wildman–Crippen LogP) is 3.67. The van der Waals surface area contributed by atoms with Gasteiger partial charge in [0.25, 0.3) is 0 Å². The van der Waals surface area contributed by atoms with Crippen LogP contribution in [-0.4, -0.2) is 76.0 Å². The maximum atomic E-state index is 13.4. The fourth-order valence-corrected chi connectivity index (χ4v) is 5.60. The summed E-state index contributed by atoms with van der Waals surface area (Å²) in [7, 11) is 1.51. The van der Waals surface area contributed by atoms with E-state index in [9.17, 15) is 9.59 Å². The van der Waals surface area contributed by atoms with Gasteiger partial charge in [-0.3, -0.25) is 9.59 Å². The van der Waals surface area contributed by atoms with Crippen LogP contribution in [0.3, 0.4) is 0 Å². The average molecular weight is 501 g/mol. The van der Waals surface area contributed by atoms with E-state index >= 15 is 0 Å². The molecule has 2 fully saturated rings. The van der Waals surface area contributed by atoms with Crippen LogP contribution in [0.4, 0.5) is 10.9 Å². The number of nitrogens with zero attached hydrogens (tertiary/aromatic N) is 5. The predicted molar refractivity (Wildman–Crippen MR) is 136 cm³/mol. The summed E-state index contributed by atoms with van der Waals surface area (Å²) < 4.78 is 5.03. The first-order valence-corrected chi connectivity index (χ1v) is 13.4. The van der Waals surface area contributed by atoms with E-state index in [1.165, 1.54) is 7.11 Å². The lowest BCUT2D eigenvalue weighted by Crippen LogP contribution is -2.55. The molecule has 0 aromatic carbocycles. The van der Waals surface area contributed by atoms with E-state index in [2.05, 4.69) is 17.2 Å². The zero-order chi connectivity index (χ0) is 24.8. The van der Waals surface area contributed by atoms with Gasteiger partial charge in [-0.1, -0.05) is 13.3 Å². The van der Waals surface area contributed by atoms with Crippen LogP contribution >= 0.6 is 11.3 Å². The molecule has 0 unspecified atom stereocenters. The van der Waals surface area contributed by atoms with Gasteiger partial charge in [-0.05, 0) is 45.4 Å². The van der Waals surface area contributed by atoms with E-state index in [0.717, 1.165) is 72.3 Å². The Hall–Kier alpha value is -2.59. The second-order valence-electron chi connectivity index (χ2n) is 9.39. The van der Waals surface area contributed by atoms with Gasteiger partial charge in [0.1, 0.15) is 24.3 Å². The van der Waals surface area contributed by atoms with Crippen molar-refractivity contribution >= 4 is 34.1 Å². The minimum atomic E-state index is -0.371. The molecule has 2 aromatic heterocycles. The highest BCUT2D eigenvalue weighted by Gasteiger charge is 2.36. The standard InChI is InChI=1S/C25H36N6O3S/c1-4-7-19-14-21(29-25-26-15-17(2)35-25)28-23(27-19)18-9-12-30(13-10-18)24(33)20-8-5-6-11-31(20)22(32)16-34-3/h14-15,18,20H,4-13,16H2,1-3H3,(H,26,27,28,29)/t20-/m0/s1. The van der Waals surface area contributed by atoms with Crippen LogP contribution < -0.4 is 5.32 Å². The molecule has 10 heteroatoms. The van der Waals surface area contributed by atoms with Crippen LogP contribution in [0.1, 0.15) is 67.8 Å². The lowest BCUT2D eigenvalue weighted by Gasteiger charge is -2.39. The maximum Gasteiger partial charge on any atom is 0.249 e. The second-order valence-corrected chi connectivity index (χ2v) is 10.6. The van der Waals surface area contributed by atoms with Gasteiger partial charge in [0.05, 0.1) is 0 Å². The zero-order valence-electron chi connectivity index (χ0n) is 21.0. The average Bonchev–Trinajstić information content (AvgIpc) is 3.28. The smallest absolute Gasteiger partial charge is 0.249 e. The highest BCUT2D eigenvalue weighted by atomic mass is 32.1. The Kier molecular flexibility index (Phi) is 8.67. The lowest BCUT2D eigenvalue weighted by molar-refractivity contribution is -0.150. The number of carbonyl (C=O) groups excluding carboxylic acids is 2. The Morgan fingerprint density at radius 1 is 1.17 bits per heavy atom. The first kappa shape index (κ1) is 25.5. The first-order chi connectivity index (χ1) is 17.0. The zero-order valence-corrected chi connectivity index (χ0v) is 21.8. The van der Waals surface area contributed by atoms with E-state index in [-0.39, 0.29) is 30.4 Å². The van der Waals surface area contributed by atoms with E-state index < -0.39 is 0 Å². The first-order valence-electron chi connectivity index (χ1n) is 12.6. The number of nitrogens with one attached hydrogen (secondary N) is 1. The minimum absolute atomic E-state index is 0.0220. The summed E-state index contributed by atoms with van der Waals surface area (Å²) in [5, 5.41) is 4.17. The number of anilines is 2. The van der Waals surface area contributed by atoms with E-state index in [0.29, 0.717) is 19.6 Å². The van der Waals surface area contributed by atoms with Crippen molar-refractivity contribution in [2.24, 2.45) is 0 Å². The number of thiazole rings is 1. The van der Waals surface area contributed by atoms with Crippen molar-refractivity contribution < 1.29 is 14.3 Å².